The molecule has 25 heavy (non-hydrogen) atoms. The smallest absolute Gasteiger partial charge is 0.337 e. The Morgan fingerprint density at radius 1 is 1.12 bits per heavy atom. The molecule has 3 nitrogen and oxygen atoms in total. The Morgan fingerprint density at radius 3 is 2.48 bits per heavy atom. The van der Waals surface area contributed by atoms with Crippen molar-refractivity contribution in [2.45, 2.75) is 32.6 Å². The molecule has 0 bridgehead atoms. The minimum absolute atomic E-state index is 0.193. The van der Waals surface area contributed by atoms with Gasteiger partial charge >= 0.3 is 5.97 Å². The highest BCUT2D eigenvalue weighted by atomic mass is 16.5. The fourth-order valence-corrected chi connectivity index (χ4v) is 3.31. The van der Waals surface area contributed by atoms with Crippen molar-refractivity contribution >= 4 is 23.3 Å². The third-order valence-electron chi connectivity index (χ3n) is 4.98. The molecule has 1 heterocycles. The topological polar surface area (TPSA) is 38.3 Å². The number of hydrogen-bond donors (Lipinski definition) is 1. The highest BCUT2D eigenvalue weighted by Crippen LogP contribution is 2.38. The molecule has 0 spiro atoms. The van der Waals surface area contributed by atoms with Crippen molar-refractivity contribution in [3.63, 3.8) is 0 Å². The Hall–Kier alpha value is -2.55. The third-order valence-corrected chi connectivity index (χ3v) is 4.98. The van der Waals surface area contributed by atoms with E-state index in [1.165, 1.54) is 29.5 Å². The van der Waals surface area contributed by atoms with Crippen LogP contribution in [-0.2, 0) is 10.2 Å². The monoisotopic (exact) mass is 335 g/mol. The maximum Gasteiger partial charge on any atom is 0.337 e. The minimum atomic E-state index is -0.309. The Balaban J connectivity index is 1.89. The van der Waals surface area contributed by atoms with E-state index in [9.17, 15) is 4.79 Å². The maximum absolute atomic E-state index is 11.5. The molecule has 2 aromatic carbocycles. The first-order chi connectivity index (χ1) is 11.9. The van der Waals surface area contributed by atoms with Gasteiger partial charge in [-0.05, 0) is 65.3 Å². The number of allylic oxidation sites excluding steroid dienone is 1. The first kappa shape index (κ1) is 17.3. The van der Waals surface area contributed by atoms with Crippen LogP contribution in [0.3, 0.4) is 0 Å². The number of carbonyl (C=O) groups is 1. The summed E-state index contributed by atoms with van der Waals surface area (Å²) in [4.78, 5) is 11.5. The van der Waals surface area contributed by atoms with Crippen LogP contribution in [0.5, 0.6) is 0 Å². The normalized spacial score (nSPS) is 15.9. The van der Waals surface area contributed by atoms with Gasteiger partial charge in [0.15, 0.2) is 0 Å². The molecule has 0 amide bonds. The van der Waals surface area contributed by atoms with Crippen molar-refractivity contribution in [3.05, 3.63) is 64.7 Å². The number of esters is 1. The summed E-state index contributed by atoms with van der Waals surface area (Å²) in [5.74, 6) is -0.309. The van der Waals surface area contributed by atoms with Crippen LogP contribution < -0.4 is 5.32 Å². The van der Waals surface area contributed by atoms with E-state index >= 15 is 0 Å². The number of rotatable bonds is 3. The number of anilines is 1. The molecule has 0 aliphatic carbocycles. The molecular weight excluding hydrogens is 310 g/mol. The summed E-state index contributed by atoms with van der Waals surface area (Å²) >= 11 is 0. The van der Waals surface area contributed by atoms with Gasteiger partial charge in [0.1, 0.15) is 0 Å². The minimum Gasteiger partial charge on any atom is -0.465 e. The Labute approximate surface area is 149 Å². The van der Waals surface area contributed by atoms with E-state index in [0.717, 1.165) is 18.5 Å². The molecule has 1 N–H and O–H groups in total. The average Bonchev–Trinajstić information content (AvgIpc) is 2.61. The lowest BCUT2D eigenvalue weighted by Gasteiger charge is -2.33. The molecule has 1 aliphatic rings. The van der Waals surface area contributed by atoms with E-state index in [0.29, 0.717) is 5.56 Å². The molecule has 0 unspecified atom stereocenters. The SMILES string of the molecule is COC(=O)c1ccc(C=C(C)c2ccc3c(c2)C(C)(C)CCN3)cc1. The number of nitrogens with one attached hydrogen (secondary N) is 1. The zero-order valence-electron chi connectivity index (χ0n) is 15.3. The summed E-state index contributed by atoms with van der Waals surface area (Å²) in [6.45, 7) is 7.77. The van der Waals surface area contributed by atoms with Crippen LogP contribution in [0.4, 0.5) is 5.69 Å². The van der Waals surface area contributed by atoms with E-state index in [4.69, 9.17) is 4.74 Å². The molecule has 0 aromatic heterocycles. The molecule has 130 valence electrons. The Bertz CT molecular complexity index is 816. The summed E-state index contributed by atoms with van der Waals surface area (Å²) in [7, 11) is 1.40. The number of hydrogen-bond acceptors (Lipinski definition) is 3. The zero-order valence-corrected chi connectivity index (χ0v) is 15.3. The van der Waals surface area contributed by atoms with Crippen molar-refractivity contribution in [2.24, 2.45) is 0 Å². The van der Waals surface area contributed by atoms with Crippen LogP contribution >= 0.6 is 0 Å². The van der Waals surface area contributed by atoms with Crippen LogP contribution in [0.1, 0.15) is 54.2 Å². The fraction of sp³-hybridized carbons (Fsp3) is 0.318. The van der Waals surface area contributed by atoms with Crippen molar-refractivity contribution in [2.75, 3.05) is 19.0 Å². The Morgan fingerprint density at radius 2 is 1.80 bits per heavy atom. The summed E-state index contributed by atoms with van der Waals surface area (Å²) in [5, 5.41) is 3.49. The predicted molar refractivity (Wildman–Crippen MR) is 104 cm³/mol. The van der Waals surface area contributed by atoms with E-state index in [-0.39, 0.29) is 11.4 Å². The molecule has 3 rings (SSSR count). The number of benzene rings is 2. The highest BCUT2D eigenvalue weighted by Gasteiger charge is 2.27. The van der Waals surface area contributed by atoms with Crippen molar-refractivity contribution < 1.29 is 9.53 Å². The summed E-state index contributed by atoms with van der Waals surface area (Å²) in [6.07, 6.45) is 3.28. The first-order valence-corrected chi connectivity index (χ1v) is 8.66. The van der Waals surface area contributed by atoms with Gasteiger partial charge in [0.25, 0.3) is 0 Å². The zero-order chi connectivity index (χ0) is 18.0. The summed E-state index contributed by atoms with van der Waals surface area (Å²) < 4.78 is 4.74. The number of methoxy groups -OCH3 is 1. The highest BCUT2D eigenvalue weighted by molar-refractivity contribution is 5.90. The number of ether oxygens (including phenoxy) is 1. The van der Waals surface area contributed by atoms with Crippen LogP contribution in [0.25, 0.3) is 11.6 Å². The van der Waals surface area contributed by atoms with Gasteiger partial charge in [-0.15, -0.1) is 0 Å². The van der Waals surface area contributed by atoms with Crippen LogP contribution in [0.15, 0.2) is 42.5 Å². The van der Waals surface area contributed by atoms with Crippen molar-refractivity contribution in [1.82, 2.24) is 0 Å². The van der Waals surface area contributed by atoms with E-state index in [1.54, 1.807) is 12.1 Å². The predicted octanol–water partition coefficient (Wildman–Crippen LogP) is 5.13. The lowest BCUT2D eigenvalue weighted by Crippen LogP contribution is -2.28. The van der Waals surface area contributed by atoms with E-state index in [1.807, 2.05) is 12.1 Å². The number of fused-ring (bicyclic) bond motifs is 1. The molecular formula is C22H25NO2. The standard InChI is InChI=1S/C22H25NO2/c1-15(13-16-5-7-17(8-6-16)21(24)25-4)18-9-10-20-19(14-18)22(2,3)11-12-23-20/h5-10,13-14,23H,11-12H2,1-4H3. The van der Waals surface area contributed by atoms with Crippen LogP contribution in [0, 0.1) is 0 Å². The third kappa shape index (κ3) is 3.60. The second-order valence-electron chi connectivity index (χ2n) is 7.26. The molecule has 2 aromatic rings. The van der Waals surface area contributed by atoms with E-state index < -0.39 is 0 Å². The Kier molecular flexibility index (Phi) is 4.67. The quantitative estimate of drug-likeness (QED) is 0.624. The van der Waals surface area contributed by atoms with Gasteiger partial charge in [-0.2, -0.15) is 0 Å². The molecule has 1 aliphatic heterocycles. The summed E-state index contributed by atoms with van der Waals surface area (Å²) in [5.41, 5.74) is 6.89. The van der Waals surface area contributed by atoms with Gasteiger partial charge in [-0.1, -0.05) is 38.1 Å². The number of carbonyl (C=O) groups excluding carboxylic acids is 1. The van der Waals surface area contributed by atoms with Crippen LogP contribution in [-0.4, -0.2) is 19.6 Å². The molecule has 0 fully saturated rings. The first-order valence-electron chi connectivity index (χ1n) is 8.66. The summed E-state index contributed by atoms with van der Waals surface area (Å²) in [6, 6.07) is 14.1. The maximum atomic E-state index is 11.5. The molecule has 3 heteroatoms. The van der Waals surface area contributed by atoms with Crippen molar-refractivity contribution in [3.8, 4) is 0 Å². The molecule has 0 radical (unpaired) electrons. The largest absolute Gasteiger partial charge is 0.465 e. The second kappa shape index (κ2) is 6.75. The molecule has 0 saturated carbocycles. The van der Waals surface area contributed by atoms with E-state index in [2.05, 4.69) is 50.4 Å². The van der Waals surface area contributed by atoms with Gasteiger partial charge in [0, 0.05) is 12.2 Å². The van der Waals surface area contributed by atoms with Crippen LogP contribution in [0.2, 0.25) is 0 Å². The molecule has 0 saturated heterocycles. The lowest BCUT2D eigenvalue weighted by atomic mass is 9.77. The van der Waals surface area contributed by atoms with Crippen molar-refractivity contribution in [1.29, 1.82) is 0 Å². The van der Waals surface area contributed by atoms with Gasteiger partial charge < -0.3 is 10.1 Å². The van der Waals surface area contributed by atoms with Gasteiger partial charge in [-0.25, -0.2) is 4.79 Å². The van der Waals surface area contributed by atoms with Gasteiger partial charge in [-0.3, -0.25) is 0 Å². The average molecular weight is 335 g/mol. The molecule has 0 atom stereocenters. The van der Waals surface area contributed by atoms with Gasteiger partial charge in [0.05, 0.1) is 12.7 Å². The van der Waals surface area contributed by atoms with Gasteiger partial charge in [0.2, 0.25) is 0 Å². The fourth-order valence-electron chi connectivity index (χ4n) is 3.31. The lowest BCUT2D eigenvalue weighted by molar-refractivity contribution is 0.0600. The second-order valence-corrected chi connectivity index (χ2v) is 7.26.